The van der Waals surface area contributed by atoms with E-state index in [9.17, 15) is 9.90 Å². The molecule has 152 valence electrons. The van der Waals surface area contributed by atoms with Gasteiger partial charge in [0.2, 0.25) is 0 Å². The van der Waals surface area contributed by atoms with Crippen LogP contribution in [0.1, 0.15) is 32.7 Å². The molecule has 30 heavy (non-hydrogen) atoms. The molecule has 0 aliphatic rings. The van der Waals surface area contributed by atoms with Crippen molar-refractivity contribution in [2.75, 3.05) is 0 Å². The number of fused-ring (bicyclic) bond motifs is 1. The molecule has 1 heterocycles. The zero-order valence-corrected chi connectivity index (χ0v) is 17.5. The van der Waals surface area contributed by atoms with Gasteiger partial charge in [-0.25, -0.2) is 4.79 Å². The van der Waals surface area contributed by atoms with E-state index in [-0.39, 0.29) is 0 Å². The van der Waals surface area contributed by atoms with Crippen molar-refractivity contribution in [3.05, 3.63) is 106 Å². The average molecular weight is 419 g/mol. The van der Waals surface area contributed by atoms with Crippen molar-refractivity contribution in [2.45, 2.75) is 26.6 Å². The number of hydrogen-bond donors (Lipinski definition) is 2. The Bertz CT molecular complexity index is 1180. The van der Waals surface area contributed by atoms with E-state index >= 15 is 0 Å². The van der Waals surface area contributed by atoms with Gasteiger partial charge < -0.3 is 15.0 Å². The summed E-state index contributed by atoms with van der Waals surface area (Å²) >= 11 is 6.00. The predicted molar refractivity (Wildman–Crippen MR) is 121 cm³/mol. The van der Waals surface area contributed by atoms with Crippen LogP contribution in [-0.4, -0.2) is 15.6 Å². The highest BCUT2D eigenvalue weighted by molar-refractivity contribution is 6.30. The fraction of sp³-hybridized carbons (Fsp3) is 0.160. The van der Waals surface area contributed by atoms with Crippen molar-refractivity contribution < 1.29 is 9.90 Å². The van der Waals surface area contributed by atoms with Gasteiger partial charge in [-0.1, -0.05) is 71.8 Å². The Hall–Kier alpha value is -3.08. The smallest absolute Gasteiger partial charge is 0.352 e. The van der Waals surface area contributed by atoms with E-state index < -0.39 is 5.97 Å². The molecule has 0 aliphatic carbocycles. The summed E-state index contributed by atoms with van der Waals surface area (Å²) in [5.74, 6) is -0.924. The van der Waals surface area contributed by atoms with Crippen molar-refractivity contribution in [1.82, 2.24) is 9.88 Å². The van der Waals surface area contributed by atoms with Crippen LogP contribution in [0.25, 0.3) is 10.9 Å². The predicted octanol–water partition coefficient (Wildman–Crippen LogP) is 5.64. The molecule has 0 amide bonds. The molecule has 0 saturated heterocycles. The minimum Gasteiger partial charge on any atom is -0.477 e. The Balaban J connectivity index is 1.67. The van der Waals surface area contributed by atoms with E-state index in [1.165, 1.54) is 11.1 Å². The molecule has 0 unspecified atom stereocenters. The Morgan fingerprint density at radius 2 is 1.60 bits per heavy atom. The number of nitrogens with one attached hydrogen (secondary N) is 1. The van der Waals surface area contributed by atoms with Crippen LogP contribution in [0.5, 0.6) is 0 Å². The summed E-state index contributed by atoms with van der Waals surface area (Å²) in [6.45, 7) is 3.68. The van der Waals surface area contributed by atoms with Gasteiger partial charge >= 0.3 is 5.97 Å². The highest BCUT2D eigenvalue weighted by atomic mass is 35.5. The van der Waals surface area contributed by atoms with Gasteiger partial charge in [-0.2, -0.15) is 0 Å². The van der Waals surface area contributed by atoms with Crippen LogP contribution in [0.2, 0.25) is 5.02 Å². The molecular weight excluding hydrogens is 396 g/mol. The molecule has 1 aromatic heterocycles. The molecule has 4 rings (SSSR count). The van der Waals surface area contributed by atoms with Crippen LogP contribution in [-0.2, 0) is 19.6 Å². The normalized spacial score (nSPS) is 11.1. The first-order valence-corrected chi connectivity index (χ1v) is 10.2. The lowest BCUT2D eigenvalue weighted by molar-refractivity contribution is 0.0685. The maximum Gasteiger partial charge on any atom is 0.352 e. The van der Waals surface area contributed by atoms with Crippen LogP contribution in [0, 0.1) is 6.92 Å². The Kier molecular flexibility index (Phi) is 5.88. The SMILES string of the molecule is Cc1ccc(CNCc2c(C(=O)O)n(Cc3ccc(Cl)cc3)c3ccccc23)cc1. The number of rotatable bonds is 7. The number of nitrogens with zero attached hydrogens (tertiary/aromatic N) is 1. The van der Waals surface area contributed by atoms with Gasteiger partial charge in [0.05, 0.1) is 0 Å². The molecule has 0 fully saturated rings. The summed E-state index contributed by atoms with van der Waals surface area (Å²) in [6.07, 6.45) is 0. The number of carbonyl (C=O) groups is 1. The molecule has 0 saturated carbocycles. The molecule has 0 aliphatic heterocycles. The minimum atomic E-state index is -0.924. The van der Waals surface area contributed by atoms with Gasteiger partial charge in [-0.3, -0.25) is 0 Å². The van der Waals surface area contributed by atoms with Crippen molar-refractivity contribution in [3.63, 3.8) is 0 Å². The second-order valence-corrected chi connectivity index (χ2v) is 7.89. The third-order valence-corrected chi connectivity index (χ3v) is 5.54. The van der Waals surface area contributed by atoms with E-state index in [1.807, 2.05) is 53.1 Å². The maximum absolute atomic E-state index is 12.3. The highest BCUT2D eigenvalue weighted by Crippen LogP contribution is 2.28. The second kappa shape index (κ2) is 8.74. The number of aromatic nitrogens is 1. The second-order valence-electron chi connectivity index (χ2n) is 7.45. The Labute approximate surface area is 180 Å². The van der Waals surface area contributed by atoms with Gasteiger partial charge in [0.15, 0.2) is 0 Å². The minimum absolute atomic E-state index is 0.322. The summed E-state index contributed by atoms with van der Waals surface area (Å²) in [6, 6.07) is 23.7. The Morgan fingerprint density at radius 1 is 0.933 bits per heavy atom. The molecule has 5 heteroatoms. The third kappa shape index (κ3) is 4.25. The number of benzene rings is 3. The van der Waals surface area contributed by atoms with Crippen molar-refractivity contribution >= 4 is 28.5 Å². The van der Waals surface area contributed by atoms with Crippen molar-refractivity contribution in [1.29, 1.82) is 0 Å². The van der Waals surface area contributed by atoms with Gasteiger partial charge in [0, 0.05) is 41.1 Å². The van der Waals surface area contributed by atoms with E-state index in [0.717, 1.165) is 22.0 Å². The fourth-order valence-corrected chi connectivity index (χ4v) is 3.90. The first-order valence-electron chi connectivity index (χ1n) is 9.87. The van der Waals surface area contributed by atoms with Crippen LogP contribution < -0.4 is 5.32 Å². The van der Waals surface area contributed by atoms with E-state index in [1.54, 1.807) is 0 Å². The van der Waals surface area contributed by atoms with Crippen LogP contribution >= 0.6 is 11.6 Å². The highest BCUT2D eigenvalue weighted by Gasteiger charge is 2.22. The summed E-state index contributed by atoms with van der Waals surface area (Å²) in [5.41, 5.74) is 5.43. The van der Waals surface area contributed by atoms with Gasteiger partial charge in [0.25, 0.3) is 0 Å². The van der Waals surface area contributed by atoms with Gasteiger partial charge in [-0.05, 0) is 36.2 Å². The topological polar surface area (TPSA) is 54.3 Å². The number of carboxylic acid groups (broad SMARTS) is 1. The quantitative estimate of drug-likeness (QED) is 0.408. The molecule has 0 atom stereocenters. The summed E-state index contributed by atoms with van der Waals surface area (Å²) in [7, 11) is 0. The maximum atomic E-state index is 12.3. The van der Waals surface area contributed by atoms with E-state index in [4.69, 9.17) is 11.6 Å². The first kappa shape index (κ1) is 20.2. The monoisotopic (exact) mass is 418 g/mol. The van der Waals surface area contributed by atoms with E-state index in [0.29, 0.717) is 30.4 Å². The molecule has 0 spiro atoms. The summed E-state index contributed by atoms with van der Waals surface area (Å²) < 4.78 is 1.88. The number of aryl methyl sites for hydroxylation is 1. The standard InChI is InChI=1S/C25H23ClN2O2/c1-17-6-8-18(9-7-17)14-27-15-22-21-4-2-3-5-23(21)28(24(22)25(29)30)16-19-10-12-20(26)13-11-19/h2-13,27H,14-16H2,1H3,(H,29,30). The largest absolute Gasteiger partial charge is 0.477 e. The third-order valence-electron chi connectivity index (χ3n) is 5.28. The number of hydrogen-bond acceptors (Lipinski definition) is 2. The first-order chi connectivity index (χ1) is 14.5. The molecule has 4 nitrogen and oxygen atoms in total. The lowest BCUT2D eigenvalue weighted by atomic mass is 10.1. The molecule has 0 bridgehead atoms. The molecule has 4 aromatic rings. The number of aromatic carboxylic acids is 1. The fourth-order valence-electron chi connectivity index (χ4n) is 3.77. The zero-order chi connectivity index (χ0) is 21.1. The molecule has 2 N–H and O–H groups in total. The zero-order valence-electron chi connectivity index (χ0n) is 16.7. The van der Waals surface area contributed by atoms with Crippen LogP contribution in [0.15, 0.2) is 72.8 Å². The van der Waals surface area contributed by atoms with Crippen molar-refractivity contribution in [3.8, 4) is 0 Å². The van der Waals surface area contributed by atoms with E-state index in [2.05, 4.69) is 36.5 Å². The summed E-state index contributed by atoms with van der Waals surface area (Å²) in [5, 5.41) is 15.1. The average Bonchev–Trinajstić information content (AvgIpc) is 3.05. The number of para-hydroxylation sites is 1. The lowest BCUT2D eigenvalue weighted by Gasteiger charge is -2.10. The lowest BCUT2D eigenvalue weighted by Crippen LogP contribution is -2.17. The molecule has 3 aromatic carbocycles. The van der Waals surface area contributed by atoms with Crippen molar-refractivity contribution in [2.24, 2.45) is 0 Å². The molecular formula is C25H23ClN2O2. The Morgan fingerprint density at radius 3 is 2.30 bits per heavy atom. The van der Waals surface area contributed by atoms with Gasteiger partial charge in [0.1, 0.15) is 5.69 Å². The van der Waals surface area contributed by atoms with Crippen LogP contribution in [0.4, 0.5) is 0 Å². The van der Waals surface area contributed by atoms with Crippen LogP contribution in [0.3, 0.4) is 0 Å². The molecule has 0 radical (unpaired) electrons. The summed E-state index contributed by atoms with van der Waals surface area (Å²) in [4.78, 5) is 12.3. The number of halogens is 1. The number of carboxylic acids is 1. The van der Waals surface area contributed by atoms with Gasteiger partial charge in [-0.15, -0.1) is 0 Å².